The molecule has 0 bridgehead atoms. The molecule has 0 amide bonds. The van der Waals surface area contributed by atoms with Gasteiger partial charge in [-0.3, -0.25) is 4.79 Å². The molecule has 1 fully saturated rings. The van der Waals surface area contributed by atoms with E-state index in [2.05, 4.69) is 4.90 Å². The Labute approximate surface area is 134 Å². The third kappa shape index (κ3) is 2.44. The van der Waals surface area contributed by atoms with Crippen LogP contribution in [0.5, 0.6) is 5.75 Å². The van der Waals surface area contributed by atoms with Crippen molar-refractivity contribution in [2.75, 3.05) is 25.1 Å². The molecule has 2 aromatic carbocycles. The van der Waals surface area contributed by atoms with Gasteiger partial charge in [0.25, 0.3) is 0 Å². The van der Waals surface area contributed by atoms with Crippen molar-refractivity contribution in [3.05, 3.63) is 46.6 Å². The molecule has 1 aromatic heterocycles. The van der Waals surface area contributed by atoms with Gasteiger partial charge in [0.15, 0.2) is 11.3 Å². The molecule has 4 nitrogen and oxygen atoms in total. The van der Waals surface area contributed by atoms with Crippen LogP contribution in [0.3, 0.4) is 0 Å². The monoisotopic (exact) mass is 309 g/mol. The minimum atomic E-state index is 0.00526. The summed E-state index contributed by atoms with van der Waals surface area (Å²) in [4.78, 5) is 14.9. The summed E-state index contributed by atoms with van der Waals surface area (Å²) >= 11 is 0. The van der Waals surface area contributed by atoms with Crippen LogP contribution in [0, 0.1) is 0 Å². The minimum Gasteiger partial charge on any atom is -0.497 e. The second-order valence-corrected chi connectivity index (χ2v) is 6.02. The maximum atomic E-state index is 12.7. The molecular weight excluding hydrogens is 290 g/mol. The van der Waals surface area contributed by atoms with Gasteiger partial charge >= 0.3 is 0 Å². The first-order valence-electron chi connectivity index (χ1n) is 8.06. The Morgan fingerprint density at radius 2 is 1.83 bits per heavy atom. The van der Waals surface area contributed by atoms with Crippen LogP contribution in [0.4, 0.5) is 5.88 Å². The first-order chi connectivity index (χ1) is 11.3. The lowest BCUT2D eigenvalue weighted by molar-refractivity contribution is 0.415. The Hall–Kier alpha value is -2.49. The van der Waals surface area contributed by atoms with E-state index in [0.717, 1.165) is 42.5 Å². The first-order valence-corrected chi connectivity index (χ1v) is 8.06. The molecular formula is C19H19NO3. The van der Waals surface area contributed by atoms with Gasteiger partial charge in [-0.15, -0.1) is 0 Å². The third-order valence-electron chi connectivity index (χ3n) is 4.57. The van der Waals surface area contributed by atoms with E-state index in [1.54, 1.807) is 13.2 Å². The maximum Gasteiger partial charge on any atom is 0.199 e. The molecule has 23 heavy (non-hydrogen) atoms. The van der Waals surface area contributed by atoms with Crippen LogP contribution in [0.2, 0.25) is 0 Å². The van der Waals surface area contributed by atoms with Crippen molar-refractivity contribution in [2.24, 2.45) is 0 Å². The number of hydrogen-bond donors (Lipinski definition) is 0. The molecule has 0 aliphatic carbocycles. The second-order valence-electron chi connectivity index (χ2n) is 6.02. The maximum absolute atomic E-state index is 12.7. The van der Waals surface area contributed by atoms with Crippen LogP contribution in [0.15, 0.2) is 45.6 Å². The summed E-state index contributed by atoms with van der Waals surface area (Å²) < 4.78 is 11.3. The van der Waals surface area contributed by atoms with Gasteiger partial charge in [0.05, 0.1) is 12.5 Å². The topological polar surface area (TPSA) is 42.7 Å². The summed E-state index contributed by atoms with van der Waals surface area (Å²) in [6.07, 6.45) is 3.55. The van der Waals surface area contributed by atoms with Crippen LogP contribution in [0.25, 0.3) is 21.7 Å². The van der Waals surface area contributed by atoms with Crippen LogP contribution in [-0.4, -0.2) is 20.2 Å². The van der Waals surface area contributed by atoms with Crippen LogP contribution in [0.1, 0.15) is 19.3 Å². The first kappa shape index (κ1) is 14.1. The zero-order valence-electron chi connectivity index (χ0n) is 13.2. The van der Waals surface area contributed by atoms with Crippen molar-refractivity contribution in [3.63, 3.8) is 0 Å². The molecule has 0 atom stereocenters. The Balaban J connectivity index is 1.93. The molecule has 1 aliphatic rings. The van der Waals surface area contributed by atoms with Crippen LogP contribution < -0.4 is 15.1 Å². The Morgan fingerprint density at radius 1 is 1.04 bits per heavy atom. The molecule has 0 saturated carbocycles. The Bertz CT molecular complexity index is 923. The largest absolute Gasteiger partial charge is 0.497 e. The van der Waals surface area contributed by atoms with Gasteiger partial charge in [0, 0.05) is 24.5 Å². The van der Waals surface area contributed by atoms with E-state index in [9.17, 15) is 4.79 Å². The van der Waals surface area contributed by atoms with Gasteiger partial charge in [-0.2, -0.15) is 0 Å². The minimum absolute atomic E-state index is 0.00526. The Morgan fingerprint density at radius 3 is 2.61 bits per heavy atom. The molecule has 118 valence electrons. The standard InChI is InChI=1S/C19H19NO3/c1-22-14-7-5-13-6-8-17-19(15(13)11-14)16(21)12-18(23-17)20-9-3-2-4-10-20/h5-8,11-12H,2-4,9-10H2,1H3. The highest BCUT2D eigenvalue weighted by Crippen LogP contribution is 2.29. The molecule has 1 aliphatic heterocycles. The third-order valence-corrected chi connectivity index (χ3v) is 4.57. The van der Waals surface area contributed by atoms with E-state index in [-0.39, 0.29) is 5.43 Å². The number of piperidine rings is 1. The molecule has 4 rings (SSSR count). The van der Waals surface area contributed by atoms with E-state index in [0.29, 0.717) is 16.9 Å². The molecule has 4 heteroatoms. The number of rotatable bonds is 2. The van der Waals surface area contributed by atoms with Gasteiger partial charge in [-0.1, -0.05) is 12.1 Å². The molecule has 2 heterocycles. The van der Waals surface area contributed by atoms with Gasteiger partial charge in [0.1, 0.15) is 11.3 Å². The number of ether oxygens (including phenoxy) is 1. The lowest BCUT2D eigenvalue weighted by Gasteiger charge is -2.27. The van der Waals surface area contributed by atoms with Crippen LogP contribution in [-0.2, 0) is 0 Å². The van der Waals surface area contributed by atoms with E-state index < -0.39 is 0 Å². The number of benzene rings is 2. The van der Waals surface area contributed by atoms with Crippen molar-refractivity contribution in [1.82, 2.24) is 0 Å². The summed E-state index contributed by atoms with van der Waals surface area (Å²) in [6, 6.07) is 11.3. The van der Waals surface area contributed by atoms with Crippen molar-refractivity contribution in [2.45, 2.75) is 19.3 Å². The summed E-state index contributed by atoms with van der Waals surface area (Å²) in [5, 5.41) is 2.51. The zero-order valence-corrected chi connectivity index (χ0v) is 13.2. The zero-order chi connectivity index (χ0) is 15.8. The molecule has 0 N–H and O–H groups in total. The highest BCUT2D eigenvalue weighted by atomic mass is 16.5. The van der Waals surface area contributed by atoms with E-state index >= 15 is 0 Å². The smallest absolute Gasteiger partial charge is 0.199 e. The van der Waals surface area contributed by atoms with Gasteiger partial charge in [0.2, 0.25) is 0 Å². The normalized spacial score (nSPS) is 15.3. The number of methoxy groups -OCH3 is 1. The van der Waals surface area contributed by atoms with Gasteiger partial charge < -0.3 is 14.1 Å². The average Bonchev–Trinajstić information content (AvgIpc) is 2.61. The molecule has 0 spiro atoms. The predicted molar refractivity (Wildman–Crippen MR) is 92.6 cm³/mol. The summed E-state index contributed by atoms with van der Waals surface area (Å²) in [7, 11) is 1.63. The highest BCUT2D eigenvalue weighted by molar-refractivity contribution is 6.06. The number of nitrogens with zero attached hydrogens (tertiary/aromatic N) is 1. The average molecular weight is 309 g/mol. The lowest BCUT2D eigenvalue weighted by Crippen LogP contribution is -2.30. The number of anilines is 1. The van der Waals surface area contributed by atoms with Crippen molar-refractivity contribution in [3.8, 4) is 5.75 Å². The number of fused-ring (bicyclic) bond motifs is 3. The summed E-state index contributed by atoms with van der Waals surface area (Å²) in [5.74, 6) is 1.42. The Kier molecular flexibility index (Phi) is 3.45. The van der Waals surface area contributed by atoms with Crippen molar-refractivity contribution >= 4 is 27.6 Å². The van der Waals surface area contributed by atoms with Gasteiger partial charge in [-0.05, 0) is 42.8 Å². The molecule has 3 aromatic rings. The molecule has 0 unspecified atom stereocenters. The van der Waals surface area contributed by atoms with Crippen molar-refractivity contribution in [1.29, 1.82) is 0 Å². The quantitative estimate of drug-likeness (QED) is 0.672. The SMILES string of the molecule is COc1ccc2ccc3oc(N4CCCCC4)cc(=O)c3c2c1. The highest BCUT2D eigenvalue weighted by Gasteiger charge is 2.16. The fourth-order valence-corrected chi connectivity index (χ4v) is 3.34. The van der Waals surface area contributed by atoms with Crippen LogP contribution >= 0.6 is 0 Å². The molecule has 1 saturated heterocycles. The van der Waals surface area contributed by atoms with E-state index in [1.165, 1.54) is 6.42 Å². The predicted octanol–water partition coefficient (Wildman–Crippen LogP) is 3.95. The molecule has 0 radical (unpaired) electrons. The fraction of sp³-hybridized carbons (Fsp3) is 0.316. The number of hydrogen-bond acceptors (Lipinski definition) is 4. The fourth-order valence-electron chi connectivity index (χ4n) is 3.34. The summed E-state index contributed by atoms with van der Waals surface area (Å²) in [5.41, 5.74) is 0.643. The second kappa shape index (κ2) is 5.61. The van der Waals surface area contributed by atoms with E-state index in [4.69, 9.17) is 9.15 Å². The van der Waals surface area contributed by atoms with E-state index in [1.807, 2.05) is 30.3 Å². The lowest BCUT2D eigenvalue weighted by atomic mass is 10.0. The summed E-state index contributed by atoms with van der Waals surface area (Å²) in [6.45, 7) is 1.91. The van der Waals surface area contributed by atoms with Crippen molar-refractivity contribution < 1.29 is 9.15 Å². The van der Waals surface area contributed by atoms with Gasteiger partial charge in [-0.25, -0.2) is 0 Å².